The van der Waals surface area contributed by atoms with Gasteiger partial charge in [0, 0.05) is 5.56 Å². The average molecular weight is 340 g/mol. The van der Waals surface area contributed by atoms with Gasteiger partial charge in [-0.3, -0.25) is 0 Å². The standard InChI is InChI=1S/C20H16N6/c1-2-14-8-10-15(11-9-14)18-23-20-17-12-22-26(16-6-4-3-5-7-16)19(17)21-13-25(20)24-18/h3-13H,2H2,1H3. The Morgan fingerprint density at radius 1 is 0.923 bits per heavy atom. The van der Waals surface area contributed by atoms with Crippen molar-refractivity contribution < 1.29 is 0 Å². The van der Waals surface area contributed by atoms with Gasteiger partial charge in [0.05, 0.1) is 17.3 Å². The number of fused-ring (bicyclic) bond motifs is 3. The van der Waals surface area contributed by atoms with Crippen molar-refractivity contribution in [3.8, 4) is 17.1 Å². The molecular formula is C20H16N6. The van der Waals surface area contributed by atoms with Crippen LogP contribution < -0.4 is 0 Å². The molecule has 0 bridgehead atoms. The zero-order valence-electron chi connectivity index (χ0n) is 14.2. The predicted octanol–water partition coefficient (Wildman–Crippen LogP) is 3.69. The molecule has 5 aromatic rings. The van der Waals surface area contributed by atoms with Gasteiger partial charge in [-0.15, -0.1) is 5.10 Å². The Balaban J connectivity index is 1.66. The third-order valence-corrected chi connectivity index (χ3v) is 4.53. The largest absolute Gasteiger partial charge is 0.216 e. The van der Waals surface area contributed by atoms with Gasteiger partial charge in [0.2, 0.25) is 0 Å². The molecule has 5 rings (SSSR count). The number of hydrogen-bond donors (Lipinski definition) is 0. The lowest BCUT2D eigenvalue weighted by Crippen LogP contribution is -1.98. The quantitative estimate of drug-likeness (QED) is 0.502. The van der Waals surface area contributed by atoms with E-state index in [0.29, 0.717) is 5.82 Å². The molecule has 6 nitrogen and oxygen atoms in total. The Kier molecular flexibility index (Phi) is 3.28. The monoisotopic (exact) mass is 340 g/mol. The summed E-state index contributed by atoms with van der Waals surface area (Å²) in [6.45, 7) is 2.14. The molecule has 0 spiro atoms. The lowest BCUT2D eigenvalue weighted by Gasteiger charge is -2.01. The molecule has 0 aliphatic heterocycles. The molecule has 0 unspecified atom stereocenters. The van der Waals surface area contributed by atoms with Crippen LogP contribution in [0.25, 0.3) is 33.8 Å². The summed E-state index contributed by atoms with van der Waals surface area (Å²) < 4.78 is 3.53. The predicted molar refractivity (Wildman–Crippen MR) is 100 cm³/mol. The van der Waals surface area contributed by atoms with Crippen LogP contribution in [0.2, 0.25) is 0 Å². The van der Waals surface area contributed by atoms with E-state index in [4.69, 9.17) is 4.98 Å². The minimum Gasteiger partial charge on any atom is -0.216 e. The number of nitrogens with zero attached hydrogens (tertiary/aromatic N) is 6. The molecule has 2 aromatic carbocycles. The Hall–Kier alpha value is -3.54. The van der Waals surface area contributed by atoms with Crippen LogP contribution in [0.4, 0.5) is 0 Å². The molecule has 0 saturated heterocycles. The minimum absolute atomic E-state index is 0.689. The van der Waals surface area contributed by atoms with Crippen LogP contribution in [0.3, 0.4) is 0 Å². The van der Waals surface area contributed by atoms with Crippen molar-refractivity contribution in [3.63, 3.8) is 0 Å². The Morgan fingerprint density at radius 2 is 1.73 bits per heavy atom. The first-order chi connectivity index (χ1) is 12.8. The van der Waals surface area contributed by atoms with Gasteiger partial charge >= 0.3 is 0 Å². The normalized spacial score (nSPS) is 11.4. The van der Waals surface area contributed by atoms with Crippen molar-refractivity contribution in [1.82, 2.24) is 29.4 Å². The summed E-state index contributed by atoms with van der Waals surface area (Å²) in [6.07, 6.45) is 4.50. The third-order valence-electron chi connectivity index (χ3n) is 4.53. The molecule has 0 radical (unpaired) electrons. The highest BCUT2D eigenvalue weighted by atomic mass is 15.3. The zero-order chi connectivity index (χ0) is 17.5. The summed E-state index contributed by atoms with van der Waals surface area (Å²) in [5, 5.41) is 9.95. The molecule has 0 saturated carbocycles. The number of para-hydroxylation sites is 1. The van der Waals surface area contributed by atoms with Crippen LogP contribution in [0.1, 0.15) is 12.5 Å². The fourth-order valence-corrected chi connectivity index (χ4v) is 3.09. The maximum absolute atomic E-state index is 4.73. The molecule has 0 N–H and O–H groups in total. The molecule has 0 fully saturated rings. The molecule has 0 amide bonds. The summed E-state index contributed by atoms with van der Waals surface area (Å²) in [6, 6.07) is 18.3. The fraction of sp³-hybridized carbons (Fsp3) is 0.100. The Bertz CT molecular complexity index is 1200. The molecule has 26 heavy (non-hydrogen) atoms. The summed E-state index contributed by atoms with van der Waals surface area (Å²) in [5.41, 5.74) is 4.78. The zero-order valence-corrected chi connectivity index (χ0v) is 14.2. The van der Waals surface area contributed by atoms with E-state index in [1.54, 1.807) is 17.0 Å². The molecule has 126 valence electrons. The van der Waals surface area contributed by atoms with Gasteiger partial charge in [0.15, 0.2) is 17.1 Å². The number of benzene rings is 2. The van der Waals surface area contributed by atoms with Crippen LogP contribution in [0, 0.1) is 0 Å². The number of rotatable bonds is 3. The second-order valence-corrected chi connectivity index (χ2v) is 6.13. The summed E-state index contributed by atoms with van der Waals surface area (Å²) in [5.74, 6) is 0.689. The van der Waals surface area contributed by atoms with Gasteiger partial charge in [-0.05, 0) is 24.1 Å². The van der Waals surface area contributed by atoms with Crippen LogP contribution in [0.5, 0.6) is 0 Å². The topological polar surface area (TPSA) is 60.9 Å². The van der Waals surface area contributed by atoms with Gasteiger partial charge in [-0.2, -0.15) is 5.10 Å². The lowest BCUT2D eigenvalue weighted by molar-refractivity contribution is 0.882. The van der Waals surface area contributed by atoms with Gasteiger partial charge < -0.3 is 0 Å². The van der Waals surface area contributed by atoms with E-state index in [1.807, 2.05) is 35.0 Å². The van der Waals surface area contributed by atoms with Crippen LogP contribution in [-0.4, -0.2) is 29.4 Å². The summed E-state index contributed by atoms with van der Waals surface area (Å²) >= 11 is 0. The summed E-state index contributed by atoms with van der Waals surface area (Å²) in [4.78, 5) is 9.27. The first-order valence-electron chi connectivity index (χ1n) is 8.57. The van der Waals surface area contributed by atoms with Crippen molar-refractivity contribution >= 4 is 16.7 Å². The second kappa shape index (κ2) is 5.77. The van der Waals surface area contributed by atoms with Crippen LogP contribution in [-0.2, 0) is 6.42 Å². The van der Waals surface area contributed by atoms with Crippen molar-refractivity contribution in [2.45, 2.75) is 13.3 Å². The van der Waals surface area contributed by atoms with Gasteiger partial charge in [0.1, 0.15) is 6.33 Å². The molecule has 3 heterocycles. The van der Waals surface area contributed by atoms with Crippen molar-refractivity contribution in [1.29, 1.82) is 0 Å². The van der Waals surface area contributed by atoms with E-state index < -0.39 is 0 Å². The van der Waals surface area contributed by atoms with E-state index in [1.165, 1.54) is 5.56 Å². The van der Waals surface area contributed by atoms with E-state index >= 15 is 0 Å². The fourth-order valence-electron chi connectivity index (χ4n) is 3.09. The first-order valence-corrected chi connectivity index (χ1v) is 8.57. The minimum atomic E-state index is 0.689. The maximum atomic E-state index is 4.73. The van der Waals surface area contributed by atoms with Gasteiger partial charge in [-0.25, -0.2) is 19.2 Å². The van der Waals surface area contributed by atoms with Crippen molar-refractivity contribution in [2.24, 2.45) is 0 Å². The SMILES string of the molecule is CCc1ccc(-c2nc3c4cnn(-c5ccccc5)c4ncn3n2)cc1. The van der Waals surface area contributed by atoms with Crippen molar-refractivity contribution in [3.05, 3.63) is 72.7 Å². The Morgan fingerprint density at radius 3 is 2.50 bits per heavy atom. The average Bonchev–Trinajstić information content (AvgIpc) is 3.32. The highest BCUT2D eigenvalue weighted by molar-refractivity contribution is 5.89. The maximum Gasteiger partial charge on any atom is 0.182 e. The molecule has 3 aromatic heterocycles. The molecule has 0 atom stereocenters. The van der Waals surface area contributed by atoms with E-state index in [2.05, 4.69) is 46.4 Å². The van der Waals surface area contributed by atoms with Crippen LogP contribution >= 0.6 is 0 Å². The first kappa shape index (κ1) is 14.8. The molecule has 0 aliphatic carbocycles. The van der Waals surface area contributed by atoms with E-state index in [-0.39, 0.29) is 0 Å². The number of hydrogen-bond acceptors (Lipinski definition) is 4. The van der Waals surface area contributed by atoms with Gasteiger partial charge in [-0.1, -0.05) is 49.4 Å². The highest BCUT2D eigenvalue weighted by Gasteiger charge is 2.14. The van der Waals surface area contributed by atoms with E-state index in [9.17, 15) is 0 Å². The number of aryl methyl sites for hydroxylation is 1. The number of aromatic nitrogens is 6. The third kappa shape index (κ3) is 2.27. The second-order valence-electron chi connectivity index (χ2n) is 6.13. The van der Waals surface area contributed by atoms with Crippen LogP contribution in [0.15, 0.2) is 67.1 Å². The smallest absolute Gasteiger partial charge is 0.182 e. The molecule has 0 aliphatic rings. The van der Waals surface area contributed by atoms with Gasteiger partial charge in [0.25, 0.3) is 0 Å². The van der Waals surface area contributed by atoms with E-state index in [0.717, 1.165) is 34.4 Å². The molecule has 6 heteroatoms. The Labute approximate surface area is 149 Å². The highest BCUT2D eigenvalue weighted by Crippen LogP contribution is 2.23. The summed E-state index contributed by atoms with van der Waals surface area (Å²) in [7, 11) is 0. The lowest BCUT2D eigenvalue weighted by atomic mass is 10.1. The molecular weight excluding hydrogens is 324 g/mol. The van der Waals surface area contributed by atoms with Crippen molar-refractivity contribution in [2.75, 3.05) is 0 Å².